The van der Waals surface area contributed by atoms with E-state index >= 15 is 0 Å². The Bertz CT molecular complexity index is 1020. The van der Waals surface area contributed by atoms with Gasteiger partial charge in [-0.05, 0) is 72.9 Å². The maximum absolute atomic E-state index is 5.57. The maximum Gasteiger partial charge on any atom is 0.126 e. The van der Waals surface area contributed by atoms with Gasteiger partial charge in [-0.3, -0.25) is 5.01 Å². The summed E-state index contributed by atoms with van der Waals surface area (Å²) >= 11 is 0. The third-order valence-corrected chi connectivity index (χ3v) is 5.84. The second kappa shape index (κ2) is 7.63. The molecule has 0 radical (unpaired) electrons. The Morgan fingerprint density at radius 2 is 1.86 bits per heavy atom. The van der Waals surface area contributed by atoms with Crippen molar-refractivity contribution in [1.29, 1.82) is 0 Å². The Morgan fingerprint density at radius 3 is 2.59 bits per heavy atom. The predicted molar refractivity (Wildman–Crippen MR) is 116 cm³/mol. The van der Waals surface area contributed by atoms with E-state index in [9.17, 15) is 0 Å². The summed E-state index contributed by atoms with van der Waals surface area (Å²) in [6, 6.07) is 23.0. The first-order valence-electron chi connectivity index (χ1n) is 10.1. The third-order valence-electron chi connectivity index (χ3n) is 5.84. The molecule has 4 heteroatoms. The molecular formula is C25H24N2O2. The van der Waals surface area contributed by atoms with E-state index in [1.165, 1.54) is 16.8 Å². The number of rotatable bonds is 4. The fourth-order valence-electron chi connectivity index (χ4n) is 4.47. The van der Waals surface area contributed by atoms with E-state index in [4.69, 9.17) is 14.3 Å². The zero-order valence-electron chi connectivity index (χ0n) is 16.5. The van der Waals surface area contributed by atoms with E-state index in [0.717, 1.165) is 36.5 Å². The van der Waals surface area contributed by atoms with Crippen molar-refractivity contribution in [3.63, 3.8) is 0 Å². The molecule has 146 valence electrons. The van der Waals surface area contributed by atoms with Crippen LogP contribution < -0.4 is 9.75 Å². The smallest absolute Gasteiger partial charge is 0.126 e. The molecule has 0 saturated heterocycles. The summed E-state index contributed by atoms with van der Waals surface area (Å²) in [5.74, 6) is 2.13. The first-order valence-corrected chi connectivity index (χ1v) is 10.1. The van der Waals surface area contributed by atoms with Crippen LogP contribution in [0.3, 0.4) is 0 Å². The van der Waals surface area contributed by atoms with Crippen LogP contribution in [-0.2, 0) is 0 Å². The van der Waals surface area contributed by atoms with Crippen molar-refractivity contribution in [2.45, 2.75) is 25.3 Å². The molecule has 1 aromatic heterocycles. The predicted octanol–water partition coefficient (Wildman–Crippen LogP) is 6.09. The van der Waals surface area contributed by atoms with Crippen LogP contribution in [0.25, 0.3) is 6.08 Å². The van der Waals surface area contributed by atoms with Crippen molar-refractivity contribution in [2.75, 3.05) is 12.1 Å². The highest BCUT2D eigenvalue weighted by atomic mass is 16.5. The minimum Gasteiger partial charge on any atom is -0.497 e. The number of furan rings is 1. The van der Waals surface area contributed by atoms with E-state index < -0.39 is 0 Å². The van der Waals surface area contributed by atoms with E-state index in [2.05, 4.69) is 47.5 Å². The van der Waals surface area contributed by atoms with Crippen LogP contribution in [0.5, 0.6) is 5.75 Å². The fourth-order valence-corrected chi connectivity index (χ4v) is 4.47. The van der Waals surface area contributed by atoms with Crippen molar-refractivity contribution in [3.05, 3.63) is 89.9 Å². The highest BCUT2D eigenvalue weighted by Crippen LogP contribution is 2.46. The molecule has 0 amide bonds. The van der Waals surface area contributed by atoms with Gasteiger partial charge in [0.15, 0.2) is 0 Å². The largest absolute Gasteiger partial charge is 0.497 e. The van der Waals surface area contributed by atoms with Gasteiger partial charge in [0, 0.05) is 5.92 Å². The molecule has 1 saturated carbocycles. The third kappa shape index (κ3) is 3.35. The molecule has 5 rings (SSSR count). The maximum atomic E-state index is 5.57. The Balaban J connectivity index is 1.58. The second-order valence-electron chi connectivity index (χ2n) is 7.57. The summed E-state index contributed by atoms with van der Waals surface area (Å²) in [7, 11) is 1.70. The second-order valence-corrected chi connectivity index (χ2v) is 7.57. The molecule has 2 aromatic carbocycles. The van der Waals surface area contributed by atoms with Crippen LogP contribution in [0.1, 0.15) is 36.6 Å². The van der Waals surface area contributed by atoms with E-state index in [1.54, 1.807) is 13.4 Å². The van der Waals surface area contributed by atoms with Crippen LogP contribution >= 0.6 is 0 Å². The van der Waals surface area contributed by atoms with Gasteiger partial charge in [-0.1, -0.05) is 30.3 Å². The number of nitrogens with zero attached hydrogens (tertiary/aromatic N) is 2. The van der Waals surface area contributed by atoms with Gasteiger partial charge < -0.3 is 9.15 Å². The van der Waals surface area contributed by atoms with Crippen LogP contribution in [0.2, 0.25) is 0 Å². The lowest BCUT2D eigenvalue weighted by atomic mass is 9.77. The molecule has 2 atom stereocenters. The van der Waals surface area contributed by atoms with Crippen molar-refractivity contribution in [1.82, 2.24) is 0 Å². The molecule has 2 unspecified atom stereocenters. The summed E-state index contributed by atoms with van der Waals surface area (Å²) < 4.78 is 10.9. The standard InChI is InChI=1S/C25H24N2O2/c1-28-21-14-12-18(13-15-21)25-23-11-5-7-19(17-22-10-6-16-29-22)24(23)26-27(25)20-8-3-2-4-9-20/h2-4,6,8-10,12-17,23,25H,5,7,11H2,1H3/b19-17+. The topological polar surface area (TPSA) is 38.0 Å². The average molecular weight is 384 g/mol. The summed E-state index contributed by atoms with van der Waals surface area (Å²) in [6.07, 6.45) is 7.21. The fraction of sp³-hybridized carbons (Fsp3) is 0.240. The van der Waals surface area contributed by atoms with Gasteiger partial charge in [-0.2, -0.15) is 5.10 Å². The Hall–Kier alpha value is -3.27. The molecule has 1 aliphatic heterocycles. The van der Waals surface area contributed by atoms with Gasteiger partial charge >= 0.3 is 0 Å². The normalized spacial score (nSPS) is 22.4. The zero-order chi connectivity index (χ0) is 19.6. The number of hydrazone groups is 1. The number of hydrogen-bond acceptors (Lipinski definition) is 4. The van der Waals surface area contributed by atoms with Gasteiger partial charge in [0.1, 0.15) is 11.5 Å². The quantitative estimate of drug-likeness (QED) is 0.546. The number of anilines is 1. The van der Waals surface area contributed by atoms with Gasteiger partial charge in [-0.15, -0.1) is 0 Å². The Kier molecular flexibility index (Phi) is 4.68. The summed E-state index contributed by atoms with van der Waals surface area (Å²) in [5, 5.41) is 7.35. The molecule has 2 heterocycles. The Labute approximate surface area is 171 Å². The molecule has 0 bridgehead atoms. The van der Waals surface area contributed by atoms with Crippen molar-refractivity contribution < 1.29 is 9.15 Å². The molecule has 4 nitrogen and oxygen atoms in total. The number of para-hydroxylation sites is 1. The monoisotopic (exact) mass is 384 g/mol. The van der Waals surface area contributed by atoms with Gasteiger partial charge in [-0.25, -0.2) is 0 Å². The van der Waals surface area contributed by atoms with Crippen LogP contribution in [0.15, 0.2) is 88.1 Å². The number of allylic oxidation sites excluding steroid dienone is 1. The minimum absolute atomic E-state index is 0.179. The van der Waals surface area contributed by atoms with Gasteiger partial charge in [0.25, 0.3) is 0 Å². The molecule has 0 N–H and O–H groups in total. The molecule has 29 heavy (non-hydrogen) atoms. The Morgan fingerprint density at radius 1 is 1.03 bits per heavy atom. The van der Waals surface area contributed by atoms with Gasteiger partial charge in [0.05, 0.1) is 30.8 Å². The summed E-state index contributed by atoms with van der Waals surface area (Å²) in [5.41, 5.74) is 4.86. The SMILES string of the molecule is COc1ccc(C2C3CCC/C(=C\c4ccco4)C3=NN2c2ccccc2)cc1. The molecule has 1 fully saturated rings. The lowest BCUT2D eigenvalue weighted by Gasteiger charge is -2.30. The molecular weight excluding hydrogens is 360 g/mol. The highest BCUT2D eigenvalue weighted by molar-refractivity contribution is 6.08. The van der Waals surface area contributed by atoms with E-state index in [-0.39, 0.29) is 6.04 Å². The number of methoxy groups -OCH3 is 1. The number of benzene rings is 2. The first kappa shape index (κ1) is 17.8. The molecule has 3 aromatic rings. The summed E-state index contributed by atoms with van der Waals surface area (Å²) in [6.45, 7) is 0. The van der Waals surface area contributed by atoms with Crippen LogP contribution in [0, 0.1) is 5.92 Å². The average Bonchev–Trinajstić information content (AvgIpc) is 3.43. The molecule has 0 spiro atoms. The van der Waals surface area contributed by atoms with E-state index in [1.807, 2.05) is 30.3 Å². The summed E-state index contributed by atoms with van der Waals surface area (Å²) in [4.78, 5) is 0. The lowest BCUT2D eigenvalue weighted by Crippen LogP contribution is -2.28. The number of ether oxygens (including phenoxy) is 1. The van der Waals surface area contributed by atoms with E-state index in [0.29, 0.717) is 5.92 Å². The molecule has 1 aliphatic carbocycles. The zero-order valence-corrected chi connectivity index (χ0v) is 16.5. The lowest BCUT2D eigenvalue weighted by molar-refractivity contribution is 0.414. The van der Waals surface area contributed by atoms with Crippen molar-refractivity contribution in [3.8, 4) is 5.75 Å². The minimum atomic E-state index is 0.179. The van der Waals surface area contributed by atoms with Crippen LogP contribution in [-0.4, -0.2) is 12.8 Å². The van der Waals surface area contributed by atoms with Crippen molar-refractivity contribution in [2.24, 2.45) is 11.0 Å². The van der Waals surface area contributed by atoms with Crippen LogP contribution in [0.4, 0.5) is 5.69 Å². The van der Waals surface area contributed by atoms with Crippen molar-refractivity contribution >= 4 is 17.5 Å². The van der Waals surface area contributed by atoms with Gasteiger partial charge in [0.2, 0.25) is 0 Å². The number of hydrogen-bond donors (Lipinski definition) is 0. The molecule has 2 aliphatic rings. The highest BCUT2D eigenvalue weighted by Gasteiger charge is 2.41. The number of fused-ring (bicyclic) bond motifs is 1. The first-order chi connectivity index (χ1) is 14.3.